The standard InChI is InChI=1S/C7H14N2/c1-3-4-7-8-5-6(2)9-7/h5,7-9H,3-4H2,1-2H3. The summed E-state index contributed by atoms with van der Waals surface area (Å²) in [5.41, 5.74) is 1.24. The van der Waals surface area contributed by atoms with Gasteiger partial charge in [0, 0.05) is 11.9 Å². The smallest absolute Gasteiger partial charge is 0.0957 e. The normalized spacial score (nSPS) is 24.7. The molecule has 0 fully saturated rings. The first kappa shape index (κ1) is 6.46. The molecule has 2 heteroatoms. The summed E-state index contributed by atoms with van der Waals surface area (Å²) in [7, 11) is 0. The largest absolute Gasteiger partial charge is 0.370 e. The predicted octanol–water partition coefficient (Wildman–Crippen LogP) is 1.17. The highest BCUT2D eigenvalue weighted by Crippen LogP contribution is 2.01. The molecule has 2 N–H and O–H groups in total. The number of hydrogen-bond donors (Lipinski definition) is 2. The van der Waals surface area contributed by atoms with Crippen LogP contribution >= 0.6 is 0 Å². The van der Waals surface area contributed by atoms with Gasteiger partial charge in [-0.15, -0.1) is 0 Å². The second-order valence-corrected chi connectivity index (χ2v) is 2.48. The van der Waals surface area contributed by atoms with Crippen LogP contribution in [0.1, 0.15) is 26.7 Å². The summed E-state index contributed by atoms with van der Waals surface area (Å²) >= 11 is 0. The Morgan fingerprint density at radius 2 is 2.44 bits per heavy atom. The average molecular weight is 126 g/mol. The molecule has 1 unspecified atom stereocenters. The molecule has 1 aliphatic heterocycles. The molecule has 0 amide bonds. The van der Waals surface area contributed by atoms with Crippen molar-refractivity contribution in [3.05, 3.63) is 11.9 Å². The zero-order valence-corrected chi connectivity index (χ0v) is 6.07. The zero-order chi connectivity index (χ0) is 6.69. The van der Waals surface area contributed by atoms with E-state index in [1.807, 2.05) is 6.20 Å². The number of allylic oxidation sites excluding steroid dienone is 1. The second kappa shape index (κ2) is 2.76. The molecule has 0 aromatic rings. The molecule has 0 radical (unpaired) electrons. The van der Waals surface area contributed by atoms with Crippen molar-refractivity contribution in [3.8, 4) is 0 Å². The second-order valence-electron chi connectivity index (χ2n) is 2.48. The van der Waals surface area contributed by atoms with Crippen molar-refractivity contribution in [2.75, 3.05) is 0 Å². The molecular formula is C7H14N2. The van der Waals surface area contributed by atoms with Gasteiger partial charge in [0.2, 0.25) is 0 Å². The van der Waals surface area contributed by atoms with Gasteiger partial charge in [-0.3, -0.25) is 0 Å². The van der Waals surface area contributed by atoms with Gasteiger partial charge in [0.15, 0.2) is 0 Å². The lowest BCUT2D eigenvalue weighted by Crippen LogP contribution is -2.31. The van der Waals surface area contributed by atoms with Crippen LogP contribution < -0.4 is 10.6 Å². The molecule has 1 heterocycles. The lowest BCUT2D eigenvalue weighted by molar-refractivity contribution is 0.513. The van der Waals surface area contributed by atoms with Crippen LogP contribution in [-0.4, -0.2) is 6.17 Å². The average Bonchev–Trinajstić information content (AvgIpc) is 2.17. The van der Waals surface area contributed by atoms with E-state index in [9.17, 15) is 0 Å². The van der Waals surface area contributed by atoms with Crippen LogP contribution in [0.5, 0.6) is 0 Å². The maximum absolute atomic E-state index is 3.30. The molecule has 9 heavy (non-hydrogen) atoms. The van der Waals surface area contributed by atoms with Crippen LogP contribution in [0.15, 0.2) is 11.9 Å². The van der Waals surface area contributed by atoms with E-state index in [1.54, 1.807) is 0 Å². The third-order valence-electron chi connectivity index (χ3n) is 1.48. The van der Waals surface area contributed by atoms with Crippen LogP contribution in [0.25, 0.3) is 0 Å². The van der Waals surface area contributed by atoms with Crippen LogP contribution in [0.2, 0.25) is 0 Å². The number of rotatable bonds is 2. The highest BCUT2D eigenvalue weighted by Gasteiger charge is 2.08. The molecule has 0 aliphatic carbocycles. The van der Waals surface area contributed by atoms with Gasteiger partial charge in [0.05, 0.1) is 6.17 Å². The van der Waals surface area contributed by atoms with E-state index in [0.29, 0.717) is 6.17 Å². The van der Waals surface area contributed by atoms with E-state index in [0.717, 1.165) is 0 Å². The first-order valence-electron chi connectivity index (χ1n) is 3.52. The lowest BCUT2D eigenvalue weighted by Gasteiger charge is -2.10. The predicted molar refractivity (Wildman–Crippen MR) is 38.7 cm³/mol. The van der Waals surface area contributed by atoms with Gasteiger partial charge in [-0.05, 0) is 13.3 Å². The fourth-order valence-corrected chi connectivity index (χ4v) is 1.03. The monoisotopic (exact) mass is 126 g/mol. The summed E-state index contributed by atoms with van der Waals surface area (Å²) in [5.74, 6) is 0. The van der Waals surface area contributed by atoms with Crippen LogP contribution in [0.3, 0.4) is 0 Å². The summed E-state index contributed by atoms with van der Waals surface area (Å²) in [6, 6.07) is 0. The van der Waals surface area contributed by atoms with Crippen LogP contribution in [0.4, 0.5) is 0 Å². The van der Waals surface area contributed by atoms with E-state index in [1.165, 1.54) is 18.5 Å². The Hall–Kier alpha value is -0.660. The molecule has 2 nitrogen and oxygen atoms in total. The molecule has 0 saturated heterocycles. The summed E-state index contributed by atoms with van der Waals surface area (Å²) < 4.78 is 0. The molecule has 1 atom stereocenters. The summed E-state index contributed by atoms with van der Waals surface area (Å²) in [6.45, 7) is 4.26. The SMILES string of the molecule is CCCC1NC=C(C)N1. The van der Waals surface area contributed by atoms with Crippen molar-refractivity contribution in [1.29, 1.82) is 0 Å². The third kappa shape index (κ3) is 1.63. The molecule has 0 aromatic heterocycles. The fourth-order valence-electron chi connectivity index (χ4n) is 1.03. The Morgan fingerprint density at radius 1 is 1.67 bits per heavy atom. The highest BCUT2D eigenvalue weighted by molar-refractivity contribution is 5.02. The first-order chi connectivity index (χ1) is 4.33. The van der Waals surface area contributed by atoms with E-state index < -0.39 is 0 Å². The van der Waals surface area contributed by atoms with Gasteiger partial charge >= 0.3 is 0 Å². The fraction of sp³-hybridized carbons (Fsp3) is 0.714. The minimum absolute atomic E-state index is 0.495. The molecule has 1 aliphatic rings. The van der Waals surface area contributed by atoms with E-state index in [4.69, 9.17) is 0 Å². The van der Waals surface area contributed by atoms with Gasteiger partial charge in [-0.2, -0.15) is 0 Å². The summed E-state index contributed by atoms with van der Waals surface area (Å²) in [6.07, 6.45) is 4.95. The topological polar surface area (TPSA) is 24.1 Å². The quantitative estimate of drug-likeness (QED) is 0.580. The lowest BCUT2D eigenvalue weighted by atomic mass is 10.3. The zero-order valence-electron chi connectivity index (χ0n) is 6.07. The Kier molecular flexibility index (Phi) is 1.98. The Bertz CT molecular complexity index is 118. The third-order valence-corrected chi connectivity index (χ3v) is 1.48. The minimum atomic E-state index is 0.495. The molecule has 1 rings (SSSR count). The maximum Gasteiger partial charge on any atom is 0.0957 e. The van der Waals surface area contributed by atoms with Crippen LogP contribution in [-0.2, 0) is 0 Å². The molecule has 0 aromatic carbocycles. The Morgan fingerprint density at radius 3 is 2.89 bits per heavy atom. The number of nitrogens with one attached hydrogen (secondary N) is 2. The number of hydrogen-bond acceptors (Lipinski definition) is 2. The van der Waals surface area contributed by atoms with Gasteiger partial charge in [-0.1, -0.05) is 13.3 Å². The van der Waals surface area contributed by atoms with Gasteiger partial charge in [-0.25, -0.2) is 0 Å². The highest BCUT2D eigenvalue weighted by atomic mass is 15.2. The molecule has 0 saturated carbocycles. The van der Waals surface area contributed by atoms with E-state index in [-0.39, 0.29) is 0 Å². The summed E-state index contributed by atoms with van der Waals surface area (Å²) in [5, 5.41) is 6.54. The Labute approximate surface area is 56.3 Å². The van der Waals surface area contributed by atoms with Gasteiger partial charge < -0.3 is 10.6 Å². The van der Waals surface area contributed by atoms with Crippen molar-refractivity contribution in [3.63, 3.8) is 0 Å². The maximum atomic E-state index is 3.30. The van der Waals surface area contributed by atoms with Crippen molar-refractivity contribution in [1.82, 2.24) is 10.6 Å². The van der Waals surface area contributed by atoms with E-state index >= 15 is 0 Å². The first-order valence-corrected chi connectivity index (χ1v) is 3.52. The Balaban J connectivity index is 2.21. The van der Waals surface area contributed by atoms with Crippen LogP contribution in [0, 0.1) is 0 Å². The van der Waals surface area contributed by atoms with Crippen molar-refractivity contribution in [2.45, 2.75) is 32.9 Å². The molecule has 0 bridgehead atoms. The molecule has 52 valence electrons. The van der Waals surface area contributed by atoms with Gasteiger partial charge in [0.25, 0.3) is 0 Å². The van der Waals surface area contributed by atoms with Crippen molar-refractivity contribution < 1.29 is 0 Å². The molecular weight excluding hydrogens is 112 g/mol. The van der Waals surface area contributed by atoms with Gasteiger partial charge in [0.1, 0.15) is 0 Å². The van der Waals surface area contributed by atoms with Crippen molar-refractivity contribution in [2.24, 2.45) is 0 Å². The summed E-state index contributed by atoms with van der Waals surface area (Å²) in [4.78, 5) is 0. The molecule has 0 spiro atoms. The minimum Gasteiger partial charge on any atom is -0.370 e. The van der Waals surface area contributed by atoms with Crippen molar-refractivity contribution >= 4 is 0 Å². The van der Waals surface area contributed by atoms with E-state index in [2.05, 4.69) is 24.5 Å².